The van der Waals surface area contributed by atoms with Crippen LogP contribution in [-0.2, 0) is 4.79 Å². The van der Waals surface area contributed by atoms with E-state index >= 15 is 0 Å². The van der Waals surface area contributed by atoms with Crippen molar-refractivity contribution in [3.63, 3.8) is 0 Å². The predicted octanol–water partition coefficient (Wildman–Crippen LogP) is 0.0239. The van der Waals surface area contributed by atoms with Crippen molar-refractivity contribution in [2.45, 2.75) is 0 Å². The van der Waals surface area contributed by atoms with Crippen molar-refractivity contribution in [3.05, 3.63) is 12.8 Å². The Labute approximate surface area is 58.7 Å². The number of amides is 3. The third-order valence-corrected chi connectivity index (χ3v) is 1.43. The average molecular weight is 140 g/mol. The van der Waals surface area contributed by atoms with Crippen LogP contribution in [0, 0.1) is 0 Å². The Hall–Kier alpha value is -1.32. The van der Waals surface area contributed by atoms with Crippen molar-refractivity contribution in [3.8, 4) is 0 Å². The zero-order valence-electron chi connectivity index (χ0n) is 5.70. The smallest absolute Gasteiger partial charge is 0.292 e. The van der Waals surface area contributed by atoms with E-state index < -0.39 is 0 Å². The number of imide groups is 1. The van der Waals surface area contributed by atoms with Gasteiger partial charge in [0.05, 0.1) is 0 Å². The molecule has 4 nitrogen and oxygen atoms in total. The van der Waals surface area contributed by atoms with Crippen LogP contribution in [-0.4, -0.2) is 35.3 Å². The number of likely N-dealkylation sites (N-methyl/N-ethyl adjacent to an activating group) is 1. The largest absolute Gasteiger partial charge is 0.330 e. The molecule has 0 atom stereocenters. The van der Waals surface area contributed by atoms with Crippen LogP contribution >= 0.6 is 0 Å². The van der Waals surface area contributed by atoms with Crippen LogP contribution in [0.4, 0.5) is 4.79 Å². The van der Waals surface area contributed by atoms with Gasteiger partial charge in [-0.1, -0.05) is 6.58 Å². The Balaban J connectivity index is 2.80. The summed E-state index contributed by atoms with van der Waals surface area (Å²) in [5.41, 5.74) is 0. The fraction of sp³-hybridized carbons (Fsp3) is 0.333. The van der Waals surface area contributed by atoms with Gasteiger partial charge in [-0.3, -0.25) is 14.6 Å². The van der Waals surface area contributed by atoms with Crippen molar-refractivity contribution in [1.82, 2.24) is 9.80 Å². The molecule has 1 aliphatic heterocycles. The summed E-state index contributed by atoms with van der Waals surface area (Å²) in [6.45, 7) is 3.51. The molecule has 0 radical (unpaired) electrons. The van der Waals surface area contributed by atoms with Gasteiger partial charge in [0.2, 0.25) is 5.91 Å². The molecule has 1 saturated heterocycles. The topological polar surface area (TPSA) is 40.6 Å². The molecule has 0 aromatic rings. The van der Waals surface area contributed by atoms with Crippen molar-refractivity contribution in [2.75, 3.05) is 13.6 Å². The molecule has 1 rings (SSSR count). The Bertz CT molecular complexity index is 200. The summed E-state index contributed by atoms with van der Waals surface area (Å²) in [4.78, 5) is 24.0. The minimum atomic E-state index is -0.306. The first kappa shape index (κ1) is 6.80. The molecule has 3 amide bonds. The lowest BCUT2D eigenvalue weighted by molar-refractivity contribution is -0.124. The van der Waals surface area contributed by atoms with E-state index in [1.165, 1.54) is 18.1 Å². The second-order valence-electron chi connectivity index (χ2n) is 2.05. The molecule has 54 valence electrons. The maximum atomic E-state index is 10.9. The van der Waals surface area contributed by atoms with E-state index in [-0.39, 0.29) is 18.5 Å². The second-order valence-corrected chi connectivity index (χ2v) is 2.05. The highest BCUT2D eigenvalue weighted by Crippen LogP contribution is 2.06. The first-order valence-electron chi connectivity index (χ1n) is 2.86. The molecule has 0 N–H and O–H groups in total. The summed E-state index contributed by atoms with van der Waals surface area (Å²) in [6, 6.07) is -0.306. The molecule has 0 unspecified atom stereocenters. The fourth-order valence-electron chi connectivity index (χ4n) is 0.761. The van der Waals surface area contributed by atoms with E-state index in [1.54, 1.807) is 0 Å². The lowest BCUT2D eigenvalue weighted by Gasteiger charge is -2.06. The standard InChI is InChI=1S/C6H8N2O2/c1-3-8-4-5(9)7(2)6(8)10/h3H,1,4H2,2H3. The van der Waals surface area contributed by atoms with Crippen LogP contribution in [0.1, 0.15) is 0 Å². The first-order chi connectivity index (χ1) is 4.66. The van der Waals surface area contributed by atoms with Crippen LogP contribution in [0.15, 0.2) is 12.8 Å². The average Bonchev–Trinajstić information content (AvgIpc) is 2.17. The van der Waals surface area contributed by atoms with Crippen molar-refractivity contribution in [2.24, 2.45) is 0 Å². The monoisotopic (exact) mass is 140 g/mol. The number of carbonyl (C=O) groups excluding carboxylic acids is 2. The number of urea groups is 1. The molecule has 0 aromatic heterocycles. The van der Waals surface area contributed by atoms with E-state index in [0.717, 1.165) is 4.90 Å². The van der Waals surface area contributed by atoms with Crippen LogP contribution < -0.4 is 0 Å². The molecular formula is C6H8N2O2. The van der Waals surface area contributed by atoms with Gasteiger partial charge < -0.3 is 0 Å². The fourth-order valence-corrected chi connectivity index (χ4v) is 0.761. The van der Waals surface area contributed by atoms with Crippen LogP contribution in [0.25, 0.3) is 0 Å². The Morgan fingerprint density at radius 3 is 2.40 bits per heavy atom. The quantitative estimate of drug-likeness (QED) is 0.482. The van der Waals surface area contributed by atoms with E-state index in [9.17, 15) is 9.59 Å². The van der Waals surface area contributed by atoms with Crippen LogP contribution in [0.5, 0.6) is 0 Å². The highest BCUT2D eigenvalue weighted by Gasteiger charge is 2.30. The van der Waals surface area contributed by atoms with Crippen molar-refractivity contribution >= 4 is 11.9 Å². The third kappa shape index (κ3) is 0.775. The second kappa shape index (κ2) is 2.13. The Kier molecular flexibility index (Phi) is 1.45. The van der Waals surface area contributed by atoms with Crippen molar-refractivity contribution in [1.29, 1.82) is 0 Å². The number of nitrogens with zero attached hydrogens (tertiary/aromatic N) is 2. The van der Waals surface area contributed by atoms with E-state index in [1.807, 2.05) is 0 Å². The maximum Gasteiger partial charge on any atom is 0.330 e. The Morgan fingerprint density at radius 2 is 2.20 bits per heavy atom. The highest BCUT2D eigenvalue weighted by atomic mass is 16.2. The van der Waals surface area contributed by atoms with Gasteiger partial charge in [-0.2, -0.15) is 0 Å². The van der Waals surface area contributed by atoms with Crippen molar-refractivity contribution < 1.29 is 9.59 Å². The zero-order valence-corrected chi connectivity index (χ0v) is 5.70. The summed E-state index contributed by atoms with van der Waals surface area (Å²) >= 11 is 0. The zero-order chi connectivity index (χ0) is 7.72. The van der Waals surface area contributed by atoms with Gasteiger partial charge in [-0.05, 0) is 0 Å². The van der Waals surface area contributed by atoms with Gasteiger partial charge in [0.15, 0.2) is 0 Å². The van der Waals surface area contributed by atoms with Gasteiger partial charge in [0.25, 0.3) is 0 Å². The molecule has 10 heavy (non-hydrogen) atoms. The summed E-state index contributed by atoms with van der Waals surface area (Å²) in [5, 5.41) is 0. The number of carbonyl (C=O) groups is 2. The van der Waals surface area contributed by atoms with E-state index in [0.29, 0.717) is 0 Å². The lowest BCUT2D eigenvalue weighted by Crippen LogP contribution is -2.26. The summed E-state index contributed by atoms with van der Waals surface area (Å²) in [5.74, 6) is -0.190. The molecule has 1 heterocycles. The number of rotatable bonds is 1. The van der Waals surface area contributed by atoms with E-state index in [4.69, 9.17) is 0 Å². The van der Waals surface area contributed by atoms with Gasteiger partial charge in [-0.15, -0.1) is 0 Å². The van der Waals surface area contributed by atoms with Gasteiger partial charge in [-0.25, -0.2) is 4.79 Å². The molecular weight excluding hydrogens is 132 g/mol. The predicted molar refractivity (Wildman–Crippen MR) is 35.1 cm³/mol. The molecule has 0 aliphatic carbocycles. The third-order valence-electron chi connectivity index (χ3n) is 1.43. The lowest BCUT2D eigenvalue weighted by atomic mass is 10.6. The molecule has 0 spiro atoms. The molecule has 1 aliphatic rings. The van der Waals surface area contributed by atoms with Crippen LogP contribution in [0.3, 0.4) is 0 Å². The molecule has 0 saturated carbocycles. The summed E-state index contributed by atoms with van der Waals surface area (Å²) in [6.07, 6.45) is 1.35. The minimum absolute atomic E-state index is 0.124. The Morgan fingerprint density at radius 1 is 1.60 bits per heavy atom. The first-order valence-corrected chi connectivity index (χ1v) is 2.86. The molecule has 4 heteroatoms. The summed E-state index contributed by atoms with van der Waals surface area (Å²) in [7, 11) is 1.45. The normalized spacial score (nSPS) is 18.5. The SMILES string of the molecule is C=CN1CC(=O)N(C)C1=O. The number of hydrogen-bond acceptors (Lipinski definition) is 2. The van der Waals surface area contributed by atoms with Gasteiger partial charge in [0.1, 0.15) is 6.54 Å². The summed E-state index contributed by atoms with van der Waals surface area (Å²) < 4.78 is 0. The minimum Gasteiger partial charge on any atom is -0.292 e. The molecule has 0 bridgehead atoms. The van der Waals surface area contributed by atoms with Gasteiger partial charge >= 0.3 is 6.03 Å². The van der Waals surface area contributed by atoms with E-state index in [2.05, 4.69) is 6.58 Å². The molecule has 1 fully saturated rings. The number of hydrogen-bond donors (Lipinski definition) is 0. The van der Waals surface area contributed by atoms with Crippen LogP contribution in [0.2, 0.25) is 0 Å². The molecule has 0 aromatic carbocycles. The van der Waals surface area contributed by atoms with Gasteiger partial charge in [0, 0.05) is 13.2 Å². The maximum absolute atomic E-state index is 10.9. The highest BCUT2D eigenvalue weighted by molar-refractivity contribution is 6.02.